The first-order chi connectivity index (χ1) is 9.08. The SMILES string of the molecule is [2H]C1CCC(N2Cc3c(N)cccc3C2=O)[C@@H]([2H])N1. The van der Waals surface area contributed by atoms with Crippen molar-refractivity contribution in [2.45, 2.75) is 25.4 Å². The van der Waals surface area contributed by atoms with Crippen molar-refractivity contribution in [3.05, 3.63) is 29.3 Å². The Labute approximate surface area is 104 Å². The largest absolute Gasteiger partial charge is 0.398 e. The number of fused-ring (bicyclic) bond motifs is 1. The quantitative estimate of drug-likeness (QED) is 0.711. The lowest BCUT2D eigenvalue weighted by atomic mass is 10.1. The summed E-state index contributed by atoms with van der Waals surface area (Å²) in [7, 11) is 0. The molecule has 1 amide bonds. The van der Waals surface area contributed by atoms with Crippen LogP contribution in [0.15, 0.2) is 18.2 Å². The van der Waals surface area contributed by atoms with E-state index in [9.17, 15) is 4.79 Å². The molecule has 0 aromatic heterocycles. The topological polar surface area (TPSA) is 58.4 Å². The summed E-state index contributed by atoms with van der Waals surface area (Å²) in [6, 6.07) is 5.19. The van der Waals surface area contributed by atoms with E-state index >= 15 is 0 Å². The fourth-order valence-electron chi connectivity index (χ4n) is 2.49. The number of hydrogen-bond acceptors (Lipinski definition) is 3. The summed E-state index contributed by atoms with van der Waals surface area (Å²) in [4.78, 5) is 14.1. The number of nitrogens with zero attached hydrogens (tertiary/aromatic N) is 1. The van der Waals surface area contributed by atoms with Gasteiger partial charge in [0.2, 0.25) is 0 Å². The molecular weight excluding hydrogens is 214 g/mol. The number of nitrogen functional groups attached to an aromatic ring is 1. The Hall–Kier alpha value is -1.55. The van der Waals surface area contributed by atoms with Crippen LogP contribution in [0, 0.1) is 0 Å². The fraction of sp³-hybridized carbons (Fsp3) is 0.462. The third kappa shape index (κ3) is 1.69. The number of carbonyl (C=O) groups is 1. The minimum absolute atomic E-state index is 0.0465. The maximum absolute atomic E-state index is 12.4. The molecule has 0 bridgehead atoms. The lowest BCUT2D eigenvalue weighted by Gasteiger charge is -2.31. The normalized spacial score (nSPS) is 34.2. The Morgan fingerprint density at radius 1 is 1.53 bits per heavy atom. The summed E-state index contributed by atoms with van der Waals surface area (Å²) in [5, 5.41) is 2.88. The minimum atomic E-state index is -0.601. The first kappa shape index (κ1) is 8.53. The van der Waals surface area contributed by atoms with E-state index in [1.807, 2.05) is 0 Å². The van der Waals surface area contributed by atoms with Crippen molar-refractivity contribution in [2.24, 2.45) is 0 Å². The molecule has 90 valence electrons. The molecule has 3 rings (SSSR count). The average Bonchev–Trinajstić information content (AvgIpc) is 2.69. The van der Waals surface area contributed by atoms with Gasteiger partial charge in [-0.25, -0.2) is 0 Å². The lowest BCUT2D eigenvalue weighted by molar-refractivity contribution is 0.0675. The summed E-state index contributed by atoms with van der Waals surface area (Å²) in [6.07, 6.45) is 1.35. The van der Waals surface area contributed by atoms with Crippen LogP contribution in [-0.2, 0) is 6.54 Å². The van der Waals surface area contributed by atoms with Crippen molar-refractivity contribution in [2.75, 3.05) is 18.8 Å². The lowest BCUT2D eigenvalue weighted by Crippen LogP contribution is -2.46. The molecule has 1 saturated heterocycles. The van der Waals surface area contributed by atoms with Crippen molar-refractivity contribution in [1.29, 1.82) is 0 Å². The van der Waals surface area contributed by atoms with E-state index in [2.05, 4.69) is 5.32 Å². The second kappa shape index (κ2) is 4.04. The first-order valence-corrected chi connectivity index (χ1v) is 5.87. The van der Waals surface area contributed by atoms with Crippen LogP contribution in [0.5, 0.6) is 0 Å². The van der Waals surface area contributed by atoms with Crippen LogP contribution in [-0.4, -0.2) is 29.9 Å². The molecule has 0 radical (unpaired) electrons. The molecule has 2 heterocycles. The summed E-state index contributed by atoms with van der Waals surface area (Å²) < 4.78 is 15.6. The van der Waals surface area contributed by atoms with Crippen molar-refractivity contribution in [1.82, 2.24) is 10.2 Å². The van der Waals surface area contributed by atoms with Gasteiger partial charge >= 0.3 is 0 Å². The standard InChI is InChI=1S/C13H17N3O/c14-12-5-1-4-10-11(12)8-16(13(10)17)9-3-2-6-15-7-9/h1,4-5,9,15H,2-3,6-8,14H2/i6D,7D/t6?,7-,9?/m1/s1. The highest BCUT2D eigenvalue weighted by atomic mass is 16.2. The number of piperidine rings is 1. The molecule has 0 spiro atoms. The molecule has 4 heteroatoms. The Morgan fingerprint density at radius 3 is 3.18 bits per heavy atom. The number of nitrogens with one attached hydrogen (secondary N) is 1. The van der Waals surface area contributed by atoms with E-state index in [1.165, 1.54) is 0 Å². The van der Waals surface area contributed by atoms with Gasteiger partial charge in [0, 0.05) is 38.7 Å². The first-order valence-electron chi connectivity index (χ1n) is 7.02. The van der Waals surface area contributed by atoms with Gasteiger partial charge in [0.1, 0.15) is 0 Å². The highest BCUT2D eigenvalue weighted by Gasteiger charge is 2.33. The van der Waals surface area contributed by atoms with Gasteiger partial charge in [-0.3, -0.25) is 4.79 Å². The number of amides is 1. The summed E-state index contributed by atoms with van der Waals surface area (Å²) in [6.45, 7) is -0.523. The van der Waals surface area contributed by atoms with Gasteiger partial charge in [0.15, 0.2) is 0 Å². The number of nitrogens with two attached hydrogens (primary N) is 1. The number of hydrogen-bond donors (Lipinski definition) is 2. The van der Waals surface area contributed by atoms with Crippen molar-refractivity contribution >= 4 is 11.6 Å². The number of anilines is 1. The number of benzene rings is 1. The van der Waals surface area contributed by atoms with E-state index in [-0.39, 0.29) is 11.9 Å². The molecule has 2 aliphatic rings. The zero-order valence-electron chi connectivity index (χ0n) is 11.5. The van der Waals surface area contributed by atoms with E-state index in [0.717, 1.165) is 5.56 Å². The van der Waals surface area contributed by atoms with Crippen molar-refractivity contribution in [3.63, 3.8) is 0 Å². The van der Waals surface area contributed by atoms with Crippen LogP contribution in [0.4, 0.5) is 5.69 Å². The van der Waals surface area contributed by atoms with Crippen molar-refractivity contribution in [3.8, 4) is 0 Å². The molecule has 0 aliphatic carbocycles. The summed E-state index contributed by atoms with van der Waals surface area (Å²) in [5.74, 6) is -0.0465. The van der Waals surface area contributed by atoms with Crippen LogP contribution in [0.3, 0.4) is 0 Å². The molecule has 3 N–H and O–H groups in total. The van der Waals surface area contributed by atoms with Crippen LogP contribution in [0.2, 0.25) is 0 Å². The summed E-state index contributed by atoms with van der Waals surface area (Å²) >= 11 is 0. The van der Waals surface area contributed by atoms with Gasteiger partial charge in [-0.2, -0.15) is 0 Å². The molecule has 1 aromatic carbocycles. The zero-order valence-corrected chi connectivity index (χ0v) is 9.52. The zero-order chi connectivity index (χ0) is 13.6. The smallest absolute Gasteiger partial charge is 0.254 e. The Balaban J connectivity index is 1.86. The Bertz CT molecular complexity index is 523. The highest BCUT2D eigenvalue weighted by Crippen LogP contribution is 2.30. The molecule has 4 nitrogen and oxygen atoms in total. The van der Waals surface area contributed by atoms with Gasteiger partial charge < -0.3 is 16.0 Å². The van der Waals surface area contributed by atoms with Crippen molar-refractivity contribution < 1.29 is 7.54 Å². The summed E-state index contributed by atoms with van der Waals surface area (Å²) in [5.41, 5.74) is 8.07. The van der Waals surface area contributed by atoms with Gasteiger partial charge in [0.05, 0.1) is 0 Å². The second-order valence-electron chi connectivity index (χ2n) is 4.49. The van der Waals surface area contributed by atoms with Crippen LogP contribution in [0.1, 0.15) is 31.5 Å². The van der Waals surface area contributed by atoms with E-state index in [1.54, 1.807) is 23.1 Å². The minimum Gasteiger partial charge on any atom is -0.398 e. The third-order valence-electron chi connectivity index (χ3n) is 3.45. The van der Waals surface area contributed by atoms with Crippen LogP contribution >= 0.6 is 0 Å². The van der Waals surface area contributed by atoms with Gasteiger partial charge in [-0.05, 0) is 31.5 Å². The monoisotopic (exact) mass is 233 g/mol. The Kier molecular flexibility index (Phi) is 2.02. The molecule has 3 atom stereocenters. The highest BCUT2D eigenvalue weighted by molar-refractivity contribution is 6.00. The van der Waals surface area contributed by atoms with Crippen LogP contribution in [0.25, 0.3) is 0 Å². The molecular formula is C13H17N3O. The van der Waals surface area contributed by atoms with Gasteiger partial charge in [-0.15, -0.1) is 0 Å². The second-order valence-corrected chi connectivity index (χ2v) is 4.49. The molecule has 2 unspecified atom stereocenters. The fourth-order valence-corrected chi connectivity index (χ4v) is 2.49. The predicted molar refractivity (Wildman–Crippen MR) is 66.6 cm³/mol. The third-order valence-corrected chi connectivity index (χ3v) is 3.45. The van der Waals surface area contributed by atoms with Gasteiger partial charge in [0.25, 0.3) is 5.91 Å². The molecule has 1 aromatic rings. The van der Waals surface area contributed by atoms with E-state index in [4.69, 9.17) is 8.48 Å². The van der Waals surface area contributed by atoms with E-state index < -0.39 is 13.0 Å². The average molecular weight is 233 g/mol. The molecule has 1 fully saturated rings. The molecule has 0 saturated carbocycles. The number of carbonyl (C=O) groups excluding carboxylic acids is 1. The molecule has 17 heavy (non-hydrogen) atoms. The maximum Gasteiger partial charge on any atom is 0.254 e. The Morgan fingerprint density at radius 2 is 2.41 bits per heavy atom. The van der Waals surface area contributed by atoms with Gasteiger partial charge in [-0.1, -0.05) is 6.07 Å². The predicted octanol–water partition coefficient (Wildman–Crippen LogP) is 0.977. The molecule has 2 aliphatic heterocycles. The van der Waals surface area contributed by atoms with E-state index in [0.29, 0.717) is 30.6 Å². The number of rotatable bonds is 1. The maximum atomic E-state index is 12.4. The van der Waals surface area contributed by atoms with Crippen LogP contribution < -0.4 is 11.1 Å².